The largest absolute Gasteiger partial charge is 0.462 e. The fourth-order valence-corrected chi connectivity index (χ4v) is 7.91. The topological polar surface area (TPSA) is 78.9 Å². The molecule has 350 valence electrons. The van der Waals surface area contributed by atoms with Gasteiger partial charge in [0.1, 0.15) is 13.2 Å². The van der Waals surface area contributed by atoms with Crippen LogP contribution in [0.25, 0.3) is 0 Å². The maximum absolute atomic E-state index is 12.7. The summed E-state index contributed by atoms with van der Waals surface area (Å²) in [7, 11) is 0. The van der Waals surface area contributed by atoms with Crippen LogP contribution >= 0.6 is 0 Å². The Bertz CT molecular complexity index is 916. The molecule has 0 heterocycles. The van der Waals surface area contributed by atoms with E-state index >= 15 is 0 Å². The highest BCUT2D eigenvalue weighted by atomic mass is 16.6. The molecule has 0 saturated heterocycles. The highest BCUT2D eigenvalue weighted by molar-refractivity contribution is 5.71. The van der Waals surface area contributed by atoms with Crippen molar-refractivity contribution in [2.45, 2.75) is 292 Å². The smallest absolute Gasteiger partial charge is 0.306 e. The van der Waals surface area contributed by atoms with Gasteiger partial charge in [0.2, 0.25) is 0 Å². The predicted molar refractivity (Wildman–Crippen MR) is 252 cm³/mol. The quantitative estimate of drug-likeness (QED) is 0.0345. The monoisotopic (exact) mass is 835 g/mol. The van der Waals surface area contributed by atoms with Gasteiger partial charge in [-0.15, -0.1) is 0 Å². The fourth-order valence-electron chi connectivity index (χ4n) is 7.91. The second kappa shape index (κ2) is 44.5. The van der Waals surface area contributed by atoms with E-state index in [1.165, 1.54) is 167 Å². The molecule has 59 heavy (non-hydrogen) atoms. The van der Waals surface area contributed by atoms with Crippen LogP contribution in [0.1, 0.15) is 286 Å². The number of unbranched alkanes of at least 4 members (excludes halogenated alkanes) is 28. The minimum Gasteiger partial charge on any atom is -0.462 e. The van der Waals surface area contributed by atoms with Gasteiger partial charge in [-0.05, 0) is 37.0 Å². The molecule has 0 radical (unpaired) electrons. The standard InChI is InChI=1S/C53H102O6/c1-7-49(6)41-35-29-22-18-14-10-8-9-11-15-19-23-30-36-42-51(54)57-45-50(59-53(56)44-38-32-26-25-28-34-40-48(4)5)46-58-52(55)43-37-31-24-20-16-12-13-17-21-27-33-39-47(2)3/h47-50H,7-46H2,1-6H3/t49?,50-/m0/s1. The number of hydrogen-bond acceptors (Lipinski definition) is 6. The van der Waals surface area contributed by atoms with E-state index in [0.717, 1.165) is 75.5 Å². The summed E-state index contributed by atoms with van der Waals surface area (Å²) in [5, 5.41) is 0. The van der Waals surface area contributed by atoms with Crippen LogP contribution in [-0.2, 0) is 28.6 Å². The maximum atomic E-state index is 12.7. The van der Waals surface area contributed by atoms with Gasteiger partial charge in [0, 0.05) is 19.3 Å². The van der Waals surface area contributed by atoms with Crippen molar-refractivity contribution >= 4 is 17.9 Å². The third-order valence-electron chi connectivity index (χ3n) is 12.3. The zero-order chi connectivity index (χ0) is 43.4. The molecule has 0 aromatic heterocycles. The van der Waals surface area contributed by atoms with Gasteiger partial charge in [0.25, 0.3) is 0 Å². The molecule has 0 fully saturated rings. The Labute approximate surface area is 368 Å². The molecular formula is C53H102O6. The van der Waals surface area contributed by atoms with E-state index in [0.29, 0.717) is 19.3 Å². The minimum absolute atomic E-state index is 0.0656. The molecule has 0 N–H and O–H groups in total. The average molecular weight is 835 g/mol. The maximum Gasteiger partial charge on any atom is 0.306 e. The van der Waals surface area contributed by atoms with E-state index < -0.39 is 6.10 Å². The van der Waals surface area contributed by atoms with Crippen LogP contribution in [0.2, 0.25) is 0 Å². The van der Waals surface area contributed by atoms with Crippen LogP contribution in [-0.4, -0.2) is 37.2 Å². The number of carbonyl (C=O) groups excluding carboxylic acids is 3. The first kappa shape index (κ1) is 57.4. The number of carbonyl (C=O) groups is 3. The lowest BCUT2D eigenvalue weighted by atomic mass is 9.99. The molecular weight excluding hydrogens is 733 g/mol. The van der Waals surface area contributed by atoms with Crippen LogP contribution in [0.4, 0.5) is 0 Å². The molecule has 1 unspecified atom stereocenters. The van der Waals surface area contributed by atoms with E-state index in [1.54, 1.807) is 0 Å². The molecule has 0 aliphatic carbocycles. The van der Waals surface area contributed by atoms with E-state index in [4.69, 9.17) is 14.2 Å². The summed E-state index contributed by atoms with van der Waals surface area (Å²) in [5.41, 5.74) is 0. The van der Waals surface area contributed by atoms with Crippen LogP contribution in [0.15, 0.2) is 0 Å². The molecule has 6 nitrogen and oxygen atoms in total. The Morgan fingerprint density at radius 2 is 0.593 bits per heavy atom. The molecule has 0 aliphatic rings. The lowest BCUT2D eigenvalue weighted by molar-refractivity contribution is -0.167. The number of esters is 3. The zero-order valence-electron chi connectivity index (χ0n) is 40.5. The molecule has 6 heteroatoms. The van der Waals surface area contributed by atoms with E-state index in [2.05, 4.69) is 41.5 Å². The molecule has 0 aromatic rings. The molecule has 0 saturated carbocycles. The van der Waals surface area contributed by atoms with E-state index in [-0.39, 0.29) is 31.1 Å². The van der Waals surface area contributed by atoms with Crippen molar-refractivity contribution in [3.05, 3.63) is 0 Å². The molecule has 0 aliphatic heterocycles. The van der Waals surface area contributed by atoms with Crippen LogP contribution in [0.5, 0.6) is 0 Å². The van der Waals surface area contributed by atoms with Gasteiger partial charge in [-0.2, -0.15) is 0 Å². The van der Waals surface area contributed by atoms with Gasteiger partial charge in [-0.25, -0.2) is 0 Å². The van der Waals surface area contributed by atoms with Gasteiger partial charge in [0.05, 0.1) is 0 Å². The molecule has 0 amide bonds. The third-order valence-corrected chi connectivity index (χ3v) is 12.3. The lowest BCUT2D eigenvalue weighted by Gasteiger charge is -2.18. The predicted octanol–water partition coefficient (Wildman–Crippen LogP) is 16.8. The zero-order valence-corrected chi connectivity index (χ0v) is 40.5. The van der Waals surface area contributed by atoms with Gasteiger partial charge >= 0.3 is 17.9 Å². The fraction of sp³-hybridized carbons (Fsp3) is 0.943. The summed E-state index contributed by atoms with van der Waals surface area (Å²) >= 11 is 0. The summed E-state index contributed by atoms with van der Waals surface area (Å²) in [4.78, 5) is 37.9. The summed E-state index contributed by atoms with van der Waals surface area (Å²) in [6.45, 7) is 13.7. The van der Waals surface area contributed by atoms with Crippen molar-refractivity contribution in [1.82, 2.24) is 0 Å². The molecule has 2 atom stereocenters. The Balaban J connectivity index is 4.23. The highest BCUT2D eigenvalue weighted by Crippen LogP contribution is 2.18. The van der Waals surface area contributed by atoms with Gasteiger partial charge in [-0.1, -0.05) is 247 Å². The van der Waals surface area contributed by atoms with Crippen molar-refractivity contribution in [2.75, 3.05) is 13.2 Å². The molecule has 0 spiro atoms. The molecule has 0 aromatic carbocycles. The van der Waals surface area contributed by atoms with E-state index in [9.17, 15) is 14.4 Å². The van der Waals surface area contributed by atoms with Gasteiger partial charge in [0.15, 0.2) is 6.10 Å². The van der Waals surface area contributed by atoms with Crippen molar-refractivity contribution < 1.29 is 28.6 Å². The number of rotatable bonds is 46. The first-order valence-corrected chi connectivity index (χ1v) is 26.1. The van der Waals surface area contributed by atoms with Crippen LogP contribution in [0, 0.1) is 17.8 Å². The van der Waals surface area contributed by atoms with Crippen molar-refractivity contribution in [3.63, 3.8) is 0 Å². The van der Waals surface area contributed by atoms with Crippen molar-refractivity contribution in [2.24, 2.45) is 17.8 Å². The number of hydrogen-bond donors (Lipinski definition) is 0. The minimum atomic E-state index is -0.763. The molecule has 0 bridgehead atoms. The highest BCUT2D eigenvalue weighted by Gasteiger charge is 2.19. The Morgan fingerprint density at radius 1 is 0.339 bits per heavy atom. The van der Waals surface area contributed by atoms with Gasteiger partial charge < -0.3 is 14.2 Å². The van der Waals surface area contributed by atoms with Crippen LogP contribution < -0.4 is 0 Å². The summed E-state index contributed by atoms with van der Waals surface area (Å²) in [5.74, 6) is 1.62. The van der Waals surface area contributed by atoms with Gasteiger partial charge in [-0.3, -0.25) is 14.4 Å². The summed E-state index contributed by atoms with van der Waals surface area (Å²) in [6, 6.07) is 0. The van der Waals surface area contributed by atoms with Crippen molar-refractivity contribution in [1.29, 1.82) is 0 Å². The SMILES string of the molecule is CCC(C)CCCCCCCCCCCCCCCCC(=O)OC[C@@H](COC(=O)CCCCCCCCCCCCCC(C)C)OC(=O)CCCCCCCCC(C)C. The lowest BCUT2D eigenvalue weighted by Crippen LogP contribution is -2.30. The van der Waals surface area contributed by atoms with E-state index in [1.807, 2.05) is 0 Å². The first-order valence-electron chi connectivity index (χ1n) is 26.1. The summed E-state index contributed by atoms with van der Waals surface area (Å²) < 4.78 is 16.8. The summed E-state index contributed by atoms with van der Waals surface area (Å²) in [6.07, 6.45) is 43.9. The Kier molecular flexibility index (Phi) is 43.3. The average Bonchev–Trinajstić information content (AvgIpc) is 3.20. The third kappa shape index (κ3) is 45.8. The number of ether oxygens (including phenoxy) is 3. The normalized spacial score (nSPS) is 12.6. The van der Waals surface area contributed by atoms with Crippen LogP contribution in [0.3, 0.4) is 0 Å². The Hall–Kier alpha value is -1.59. The molecule has 0 rings (SSSR count). The first-order chi connectivity index (χ1) is 28.6. The second-order valence-electron chi connectivity index (χ2n) is 19.4. The Morgan fingerprint density at radius 3 is 0.881 bits per heavy atom. The van der Waals surface area contributed by atoms with Crippen molar-refractivity contribution in [3.8, 4) is 0 Å². The second-order valence-corrected chi connectivity index (χ2v) is 19.4.